The van der Waals surface area contributed by atoms with Crippen LogP contribution in [0.2, 0.25) is 0 Å². The van der Waals surface area contributed by atoms with Crippen molar-refractivity contribution in [1.29, 1.82) is 0 Å². The summed E-state index contributed by atoms with van der Waals surface area (Å²) in [4.78, 5) is 43.0. The molecule has 0 radical (unpaired) electrons. The molecule has 1 saturated carbocycles. The number of nitrogens with zero attached hydrogens (tertiary/aromatic N) is 3. The largest absolute Gasteiger partial charge is 0.509 e. The molecular weight excluding hydrogens is 493 g/mol. The molecule has 4 atom stereocenters. The first kappa shape index (κ1) is 26.5. The average molecular weight is 526 g/mol. The Kier molecular flexibility index (Phi) is 7.94. The Morgan fingerprint density at radius 2 is 1.58 bits per heavy atom. The number of anilines is 1. The molecule has 11 heteroatoms. The van der Waals surface area contributed by atoms with Gasteiger partial charge < -0.3 is 19.1 Å². The highest BCUT2D eigenvalue weighted by Crippen LogP contribution is 2.42. The molecule has 5 rings (SSSR count). The number of imide groups is 1. The third-order valence-electron chi connectivity index (χ3n) is 7.39. The molecule has 3 saturated heterocycles. The van der Waals surface area contributed by atoms with Crippen LogP contribution in [-0.2, 0) is 19.1 Å². The maximum atomic E-state index is 13.9. The first-order valence-electron chi connectivity index (χ1n) is 12.5. The molecule has 3 aliphatic heterocycles. The second-order valence-corrected chi connectivity index (χ2v) is 10.0. The van der Waals surface area contributed by atoms with Crippen LogP contribution < -0.4 is 9.64 Å². The van der Waals surface area contributed by atoms with Crippen LogP contribution in [0.15, 0.2) is 18.2 Å². The third kappa shape index (κ3) is 5.25. The van der Waals surface area contributed by atoms with Gasteiger partial charge in [-0.1, -0.05) is 0 Å². The zero-order valence-corrected chi connectivity index (χ0v) is 21.4. The topological polar surface area (TPSA) is 88.6 Å². The summed E-state index contributed by atoms with van der Waals surface area (Å²) in [5.74, 6) is -0.755. The number of likely N-dealkylation sites (tertiary alicyclic amines) is 1. The van der Waals surface area contributed by atoms with E-state index in [1.165, 1.54) is 17.0 Å². The molecule has 0 N–H and O–H groups in total. The standard InChI is InChI=1S/C25H32FN3O6.ClH/c1-15(2)33-20-5-4-16(26)12-19(20)28-10-8-27(9-11-28)6-3-7-29-23(30)17-13-21-22(35-25(32)34-21)14-18(17)24(29)31;/h4-5,12,15,17-18,21-22H,3,6-11,13-14H2,1-2H3;1H. The maximum Gasteiger partial charge on any atom is 0.509 e. The minimum Gasteiger partial charge on any atom is -0.489 e. The first-order chi connectivity index (χ1) is 16.8. The predicted molar refractivity (Wildman–Crippen MR) is 131 cm³/mol. The van der Waals surface area contributed by atoms with E-state index in [0.717, 1.165) is 38.4 Å². The van der Waals surface area contributed by atoms with Crippen molar-refractivity contribution in [2.24, 2.45) is 11.8 Å². The lowest BCUT2D eigenvalue weighted by atomic mass is 9.78. The predicted octanol–water partition coefficient (Wildman–Crippen LogP) is 2.85. The number of rotatable bonds is 7. The van der Waals surface area contributed by atoms with Crippen molar-refractivity contribution in [2.75, 3.05) is 44.2 Å². The number of amides is 2. The van der Waals surface area contributed by atoms with Crippen molar-refractivity contribution in [3.05, 3.63) is 24.0 Å². The molecule has 4 unspecified atom stereocenters. The molecule has 3 heterocycles. The fourth-order valence-electron chi connectivity index (χ4n) is 5.69. The summed E-state index contributed by atoms with van der Waals surface area (Å²) in [5, 5.41) is 0. The summed E-state index contributed by atoms with van der Waals surface area (Å²) in [6.45, 7) is 8.14. The quantitative estimate of drug-likeness (QED) is 0.397. The number of fused-ring (bicyclic) bond motifs is 2. The van der Waals surface area contributed by atoms with E-state index < -0.39 is 30.2 Å². The molecular formula is C25H33ClFN3O6. The molecule has 0 bridgehead atoms. The number of carbonyl (C=O) groups excluding carboxylic acids is 3. The van der Waals surface area contributed by atoms with Crippen molar-refractivity contribution in [1.82, 2.24) is 9.80 Å². The van der Waals surface area contributed by atoms with Crippen molar-refractivity contribution >= 4 is 36.1 Å². The SMILES string of the molecule is CC(C)Oc1ccc(F)cc1N1CCN(CCCN2C(=O)C3CC4OC(=O)OC4CC3C2=O)CC1.Cl. The van der Waals surface area contributed by atoms with Gasteiger partial charge in [0.15, 0.2) is 0 Å². The summed E-state index contributed by atoms with van der Waals surface area (Å²) in [5.41, 5.74) is 0.772. The van der Waals surface area contributed by atoms with Crippen molar-refractivity contribution in [2.45, 2.75) is 51.4 Å². The van der Waals surface area contributed by atoms with Crippen LogP contribution in [0, 0.1) is 17.7 Å². The molecule has 2 amide bonds. The molecule has 4 aliphatic rings. The average Bonchev–Trinajstić information content (AvgIpc) is 3.30. The Balaban J connectivity index is 0.00000304. The summed E-state index contributed by atoms with van der Waals surface area (Å²) in [6.07, 6.45) is -0.168. The molecule has 4 fully saturated rings. The number of benzene rings is 1. The van der Waals surface area contributed by atoms with Crippen LogP contribution >= 0.6 is 12.4 Å². The molecule has 198 valence electrons. The fraction of sp³-hybridized carbons (Fsp3) is 0.640. The van der Waals surface area contributed by atoms with Crippen LogP contribution in [0.3, 0.4) is 0 Å². The number of ether oxygens (including phenoxy) is 3. The second-order valence-electron chi connectivity index (χ2n) is 10.0. The highest BCUT2D eigenvalue weighted by Gasteiger charge is 2.56. The molecule has 9 nitrogen and oxygen atoms in total. The van der Waals surface area contributed by atoms with Crippen LogP contribution in [0.25, 0.3) is 0 Å². The number of hydrogen-bond donors (Lipinski definition) is 0. The zero-order valence-electron chi connectivity index (χ0n) is 20.6. The van der Waals surface area contributed by atoms with Crippen molar-refractivity contribution < 1.29 is 33.0 Å². The Bertz CT molecular complexity index is 968. The van der Waals surface area contributed by atoms with E-state index in [1.54, 1.807) is 6.07 Å². The van der Waals surface area contributed by atoms with Crippen molar-refractivity contribution in [3.8, 4) is 5.75 Å². The van der Waals surface area contributed by atoms with Gasteiger partial charge in [0.25, 0.3) is 0 Å². The van der Waals surface area contributed by atoms with Gasteiger partial charge in [-0.25, -0.2) is 9.18 Å². The molecule has 1 aromatic carbocycles. The van der Waals surface area contributed by atoms with E-state index >= 15 is 0 Å². The normalized spacial score (nSPS) is 27.9. The Labute approximate surface area is 216 Å². The zero-order chi connectivity index (χ0) is 24.7. The summed E-state index contributed by atoms with van der Waals surface area (Å²) < 4.78 is 30.1. The number of halogens is 2. The van der Waals surface area contributed by atoms with E-state index in [2.05, 4.69) is 9.80 Å². The monoisotopic (exact) mass is 525 g/mol. The van der Waals surface area contributed by atoms with Gasteiger partial charge in [0, 0.05) is 51.6 Å². The smallest absolute Gasteiger partial charge is 0.489 e. The lowest BCUT2D eigenvalue weighted by molar-refractivity contribution is -0.140. The third-order valence-corrected chi connectivity index (χ3v) is 7.39. The van der Waals surface area contributed by atoms with Gasteiger partial charge >= 0.3 is 6.16 Å². The van der Waals surface area contributed by atoms with E-state index in [9.17, 15) is 18.8 Å². The van der Waals surface area contributed by atoms with E-state index in [4.69, 9.17) is 14.2 Å². The second kappa shape index (κ2) is 10.8. The van der Waals surface area contributed by atoms with Crippen molar-refractivity contribution in [3.63, 3.8) is 0 Å². The van der Waals surface area contributed by atoms with E-state index in [-0.39, 0.29) is 36.1 Å². The van der Waals surface area contributed by atoms with Gasteiger partial charge in [0.2, 0.25) is 11.8 Å². The number of piperazine rings is 1. The molecule has 0 aromatic heterocycles. The van der Waals surface area contributed by atoms with E-state index in [1.807, 2.05) is 13.8 Å². The highest BCUT2D eigenvalue weighted by atomic mass is 35.5. The lowest BCUT2D eigenvalue weighted by Crippen LogP contribution is -2.47. The van der Waals surface area contributed by atoms with Crippen LogP contribution in [0.4, 0.5) is 14.9 Å². The van der Waals surface area contributed by atoms with Gasteiger partial charge in [0.05, 0.1) is 23.6 Å². The fourth-order valence-corrected chi connectivity index (χ4v) is 5.69. The summed E-state index contributed by atoms with van der Waals surface area (Å²) >= 11 is 0. The Hall–Kier alpha value is -2.59. The van der Waals surface area contributed by atoms with Gasteiger partial charge in [-0.15, -0.1) is 12.4 Å². The maximum absolute atomic E-state index is 13.9. The summed E-state index contributed by atoms with van der Waals surface area (Å²) in [6, 6.07) is 4.63. The first-order valence-corrected chi connectivity index (χ1v) is 12.5. The van der Waals surface area contributed by atoms with Crippen LogP contribution in [0.1, 0.15) is 33.1 Å². The molecule has 1 aromatic rings. The molecule has 0 spiro atoms. The Morgan fingerprint density at radius 1 is 0.972 bits per heavy atom. The Morgan fingerprint density at radius 3 is 2.17 bits per heavy atom. The minimum absolute atomic E-state index is 0. The number of carbonyl (C=O) groups is 3. The lowest BCUT2D eigenvalue weighted by Gasteiger charge is -2.37. The summed E-state index contributed by atoms with van der Waals surface area (Å²) in [7, 11) is 0. The van der Waals surface area contributed by atoms with Crippen LogP contribution in [0.5, 0.6) is 5.75 Å². The van der Waals surface area contributed by atoms with Gasteiger partial charge in [-0.2, -0.15) is 0 Å². The minimum atomic E-state index is -0.710. The van der Waals surface area contributed by atoms with Gasteiger partial charge in [0.1, 0.15) is 23.8 Å². The van der Waals surface area contributed by atoms with Gasteiger partial charge in [-0.3, -0.25) is 19.4 Å². The van der Waals surface area contributed by atoms with E-state index in [0.29, 0.717) is 31.6 Å². The van der Waals surface area contributed by atoms with Gasteiger partial charge in [-0.05, 0) is 38.9 Å². The van der Waals surface area contributed by atoms with Crippen LogP contribution in [-0.4, -0.2) is 85.3 Å². The number of hydrogen-bond acceptors (Lipinski definition) is 8. The molecule has 36 heavy (non-hydrogen) atoms. The molecule has 1 aliphatic carbocycles. The highest BCUT2D eigenvalue weighted by molar-refractivity contribution is 6.05.